The van der Waals surface area contributed by atoms with Gasteiger partial charge >= 0.3 is 0 Å². The monoisotopic (exact) mass is 365 g/mol. The summed E-state index contributed by atoms with van der Waals surface area (Å²) in [6, 6.07) is 1.79. The van der Waals surface area contributed by atoms with Crippen molar-refractivity contribution in [2.75, 3.05) is 13.1 Å². The number of sulfonamides is 1. The normalized spacial score (nSPS) is 19.8. The first-order valence-corrected chi connectivity index (χ1v) is 9.57. The van der Waals surface area contributed by atoms with Gasteiger partial charge in [-0.2, -0.15) is 4.31 Å². The standard InChI is InChI=1S/C13H20BrNO2S2/c1-13(2,3)10-4-7-15(8-5-10)19(16,17)12-11(14)6-9-18-12/h6,9-10H,4-5,7-8H2,1-3H3. The SMILES string of the molecule is CC(C)(C)C1CCN(S(=O)(=O)c2sccc2Br)CC1. The summed E-state index contributed by atoms with van der Waals surface area (Å²) in [5, 5.41) is 1.80. The molecule has 0 unspecified atom stereocenters. The highest BCUT2D eigenvalue weighted by molar-refractivity contribution is 9.10. The topological polar surface area (TPSA) is 37.4 Å². The van der Waals surface area contributed by atoms with E-state index in [1.165, 1.54) is 11.3 Å². The highest BCUT2D eigenvalue weighted by Crippen LogP contribution is 2.37. The third-order valence-electron chi connectivity index (χ3n) is 3.84. The Kier molecular flexibility index (Phi) is 4.45. The van der Waals surface area contributed by atoms with Crippen LogP contribution in [0.15, 0.2) is 20.1 Å². The fraction of sp³-hybridized carbons (Fsp3) is 0.692. The summed E-state index contributed by atoms with van der Waals surface area (Å²) < 4.78 is 27.8. The molecule has 19 heavy (non-hydrogen) atoms. The maximum atomic E-state index is 12.5. The second-order valence-corrected chi connectivity index (χ2v) is 10.0. The van der Waals surface area contributed by atoms with Gasteiger partial charge in [0.15, 0.2) is 0 Å². The summed E-state index contributed by atoms with van der Waals surface area (Å²) in [7, 11) is -3.31. The molecule has 2 rings (SSSR count). The van der Waals surface area contributed by atoms with E-state index in [0.717, 1.165) is 12.8 Å². The van der Waals surface area contributed by atoms with Crippen LogP contribution >= 0.6 is 27.3 Å². The Morgan fingerprint density at radius 3 is 2.32 bits per heavy atom. The van der Waals surface area contributed by atoms with Crippen LogP contribution < -0.4 is 0 Å². The van der Waals surface area contributed by atoms with Crippen molar-refractivity contribution in [2.45, 2.75) is 37.8 Å². The molecule has 0 bridgehead atoms. The van der Waals surface area contributed by atoms with E-state index in [1.807, 2.05) is 0 Å². The molecule has 0 N–H and O–H groups in total. The van der Waals surface area contributed by atoms with Crippen LogP contribution in [0.2, 0.25) is 0 Å². The first kappa shape index (κ1) is 15.5. The molecule has 1 aromatic rings. The lowest BCUT2D eigenvalue weighted by molar-refractivity contribution is 0.154. The van der Waals surface area contributed by atoms with Gasteiger partial charge in [0.2, 0.25) is 0 Å². The Balaban J connectivity index is 2.12. The van der Waals surface area contributed by atoms with E-state index in [4.69, 9.17) is 0 Å². The number of nitrogens with zero attached hydrogens (tertiary/aromatic N) is 1. The molecule has 0 spiro atoms. The second kappa shape index (κ2) is 5.47. The van der Waals surface area contributed by atoms with Gasteiger partial charge in [0.1, 0.15) is 4.21 Å². The quantitative estimate of drug-likeness (QED) is 0.795. The fourth-order valence-electron chi connectivity index (χ4n) is 2.54. The molecule has 2 heterocycles. The Morgan fingerprint density at radius 1 is 1.32 bits per heavy atom. The lowest BCUT2D eigenvalue weighted by Crippen LogP contribution is -2.41. The Morgan fingerprint density at radius 2 is 1.89 bits per heavy atom. The van der Waals surface area contributed by atoms with Gasteiger partial charge < -0.3 is 0 Å². The van der Waals surface area contributed by atoms with E-state index < -0.39 is 10.0 Å². The van der Waals surface area contributed by atoms with Crippen LogP contribution in [0.3, 0.4) is 0 Å². The zero-order chi connectivity index (χ0) is 14.3. The van der Waals surface area contributed by atoms with E-state index >= 15 is 0 Å². The Bertz CT molecular complexity index is 537. The summed E-state index contributed by atoms with van der Waals surface area (Å²) in [6.07, 6.45) is 1.90. The van der Waals surface area contributed by atoms with Gasteiger partial charge in [-0.1, -0.05) is 20.8 Å². The predicted octanol–water partition coefficient (Wildman–Crippen LogP) is 3.96. The minimum Gasteiger partial charge on any atom is -0.206 e. The van der Waals surface area contributed by atoms with Crippen LogP contribution in [0.1, 0.15) is 33.6 Å². The molecule has 0 saturated carbocycles. The first-order valence-electron chi connectivity index (χ1n) is 6.46. The van der Waals surface area contributed by atoms with E-state index in [2.05, 4.69) is 36.7 Å². The minimum absolute atomic E-state index is 0.263. The number of halogens is 1. The van der Waals surface area contributed by atoms with E-state index in [9.17, 15) is 8.42 Å². The van der Waals surface area contributed by atoms with Gasteiger partial charge in [-0.15, -0.1) is 11.3 Å². The molecule has 0 radical (unpaired) electrons. The zero-order valence-electron chi connectivity index (χ0n) is 11.5. The summed E-state index contributed by atoms with van der Waals surface area (Å²) >= 11 is 4.60. The van der Waals surface area contributed by atoms with E-state index in [0.29, 0.717) is 27.7 Å². The van der Waals surface area contributed by atoms with Crippen molar-refractivity contribution in [3.63, 3.8) is 0 Å². The molecule has 0 aliphatic carbocycles. The first-order chi connectivity index (χ1) is 8.73. The molecule has 0 aromatic carbocycles. The molecule has 0 atom stereocenters. The third kappa shape index (κ3) is 3.23. The molecular weight excluding hydrogens is 346 g/mol. The van der Waals surface area contributed by atoms with Gasteiger partial charge in [-0.25, -0.2) is 8.42 Å². The lowest BCUT2D eigenvalue weighted by Gasteiger charge is -2.38. The lowest BCUT2D eigenvalue weighted by atomic mass is 9.76. The van der Waals surface area contributed by atoms with Crippen molar-refractivity contribution in [3.8, 4) is 0 Å². The van der Waals surface area contributed by atoms with Gasteiger partial charge in [0, 0.05) is 17.6 Å². The van der Waals surface area contributed by atoms with Crippen molar-refractivity contribution in [1.29, 1.82) is 0 Å². The van der Waals surface area contributed by atoms with E-state index in [-0.39, 0.29) is 5.41 Å². The van der Waals surface area contributed by atoms with Crippen LogP contribution in [0.5, 0.6) is 0 Å². The number of hydrogen-bond donors (Lipinski definition) is 0. The summed E-state index contributed by atoms with van der Waals surface area (Å²) in [4.78, 5) is 0. The van der Waals surface area contributed by atoms with Gasteiger partial charge in [0.05, 0.1) is 0 Å². The average Bonchev–Trinajstić information content (AvgIpc) is 2.75. The van der Waals surface area contributed by atoms with Crippen LogP contribution in [-0.2, 0) is 10.0 Å². The Labute approximate surface area is 128 Å². The third-order valence-corrected chi connectivity index (χ3v) is 8.38. The maximum absolute atomic E-state index is 12.5. The number of thiophene rings is 1. The molecule has 1 aliphatic rings. The fourth-order valence-corrected chi connectivity index (χ4v) is 6.46. The van der Waals surface area contributed by atoms with Crippen molar-refractivity contribution in [2.24, 2.45) is 11.3 Å². The van der Waals surface area contributed by atoms with Crippen molar-refractivity contribution in [1.82, 2.24) is 4.31 Å². The Hall–Kier alpha value is 0.0900. The summed E-state index contributed by atoms with van der Waals surface area (Å²) in [6.45, 7) is 7.97. The summed E-state index contributed by atoms with van der Waals surface area (Å²) in [5.41, 5.74) is 0.263. The van der Waals surface area contributed by atoms with E-state index in [1.54, 1.807) is 15.8 Å². The largest absolute Gasteiger partial charge is 0.253 e. The van der Waals surface area contributed by atoms with Crippen molar-refractivity contribution >= 4 is 37.3 Å². The smallest absolute Gasteiger partial charge is 0.206 e. The van der Waals surface area contributed by atoms with Crippen molar-refractivity contribution in [3.05, 3.63) is 15.9 Å². The molecule has 1 fully saturated rings. The zero-order valence-corrected chi connectivity index (χ0v) is 14.7. The molecule has 0 amide bonds. The van der Waals surface area contributed by atoms with Crippen LogP contribution in [0.25, 0.3) is 0 Å². The molecule has 1 saturated heterocycles. The molecule has 1 aliphatic heterocycles. The number of hydrogen-bond acceptors (Lipinski definition) is 3. The average molecular weight is 366 g/mol. The van der Waals surface area contributed by atoms with Gasteiger partial charge in [-0.3, -0.25) is 0 Å². The minimum atomic E-state index is -3.31. The predicted molar refractivity (Wildman–Crippen MR) is 83.0 cm³/mol. The maximum Gasteiger partial charge on any atom is 0.253 e. The van der Waals surface area contributed by atoms with Crippen molar-refractivity contribution < 1.29 is 8.42 Å². The van der Waals surface area contributed by atoms with Crippen LogP contribution in [-0.4, -0.2) is 25.8 Å². The number of piperidine rings is 1. The second-order valence-electron chi connectivity index (χ2n) is 6.10. The molecule has 1 aromatic heterocycles. The highest BCUT2D eigenvalue weighted by atomic mass is 79.9. The van der Waals surface area contributed by atoms with Crippen LogP contribution in [0, 0.1) is 11.3 Å². The molecule has 108 valence electrons. The number of rotatable bonds is 2. The van der Waals surface area contributed by atoms with Gasteiger partial charge in [-0.05, 0) is 51.6 Å². The molecule has 6 heteroatoms. The van der Waals surface area contributed by atoms with Gasteiger partial charge in [0.25, 0.3) is 10.0 Å². The molecular formula is C13H20BrNO2S2. The highest BCUT2D eigenvalue weighted by Gasteiger charge is 2.35. The molecule has 3 nitrogen and oxygen atoms in total. The summed E-state index contributed by atoms with van der Waals surface area (Å²) in [5.74, 6) is 0.603. The van der Waals surface area contributed by atoms with Crippen LogP contribution in [0.4, 0.5) is 0 Å².